The Balaban J connectivity index is 2.18. The summed E-state index contributed by atoms with van der Waals surface area (Å²) in [5.41, 5.74) is 0.228. The van der Waals surface area contributed by atoms with Gasteiger partial charge in [-0.1, -0.05) is 0 Å². The van der Waals surface area contributed by atoms with Crippen LogP contribution in [0.2, 0.25) is 0 Å². The summed E-state index contributed by atoms with van der Waals surface area (Å²) in [6.45, 7) is 0.569. The van der Waals surface area contributed by atoms with Crippen LogP contribution < -0.4 is 4.90 Å². The Morgan fingerprint density at radius 3 is 2.83 bits per heavy atom. The van der Waals surface area contributed by atoms with Crippen molar-refractivity contribution in [1.82, 2.24) is 14.5 Å². The van der Waals surface area contributed by atoms with Crippen LogP contribution in [0.1, 0.15) is 16.2 Å². The summed E-state index contributed by atoms with van der Waals surface area (Å²) < 4.78 is 1.91. The first kappa shape index (κ1) is 12.1. The summed E-state index contributed by atoms with van der Waals surface area (Å²) in [4.78, 5) is 21.1. The third-order valence-corrected chi connectivity index (χ3v) is 2.68. The van der Waals surface area contributed by atoms with Gasteiger partial charge in [-0.3, -0.25) is 0 Å². The number of pyridine rings is 1. The predicted octanol–water partition coefficient (Wildman–Crippen LogP) is 1.15. The molecule has 94 valence electrons. The van der Waals surface area contributed by atoms with Gasteiger partial charge in [0, 0.05) is 32.7 Å². The molecular weight excluding hydrogens is 232 g/mol. The molecule has 18 heavy (non-hydrogen) atoms. The zero-order valence-electron chi connectivity index (χ0n) is 10.2. The van der Waals surface area contributed by atoms with Crippen molar-refractivity contribution < 1.29 is 9.90 Å². The standard InChI is InChI=1S/C12H14N4O2/c1-15-6-5-14-11(15)8-16(2)10-7-9(12(17)18)3-4-13-10/h3-7H,8H2,1-2H3,(H,17,18). The van der Waals surface area contributed by atoms with Crippen molar-refractivity contribution in [2.75, 3.05) is 11.9 Å². The van der Waals surface area contributed by atoms with Crippen molar-refractivity contribution in [3.63, 3.8) is 0 Å². The van der Waals surface area contributed by atoms with Crippen LogP contribution in [0, 0.1) is 0 Å². The molecule has 6 nitrogen and oxygen atoms in total. The predicted molar refractivity (Wildman–Crippen MR) is 66.5 cm³/mol. The fourth-order valence-electron chi connectivity index (χ4n) is 1.60. The van der Waals surface area contributed by atoms with Gasteiger partial charge in [0.15, 0.2) is 0 Å². The van der Waals surface area contributed by atoms with E-state index in [1.54, 1.807) is 12.3 Å². The molecule has 1 N–H and O–H groups in total. The lowest BCUT2D eigenvalue weighted by atomic mass is 10.2. The summed E-state index contributed by atoms with van der Waals surface area (Å²) in [7, 11) is 3.76. The van der Waals surface area contributed by atoms with E-state index >= 15 is 0 Å². The molecule has 2 aromatic rings. The zero-order chi connectivity index (χ0) is 13.1. The number of carboxylic acid groups (broad SMARTS) is 1. The number of nitrogens with zero attached hydrogens (tertiary/aromatic N) is 4. The molecule has 0 atom stereocenters. The quantitative estimate of drug-likeness (QED) is 0.876. The number of hydrogen-bond acceptors (Lipinski definition) is 4. The van der Waals surface area contributed by atoms with Crippen LogP contribution in [-0.2, 0) is 13.6 Å². The number of rotatable bonds is 4. The van der Waals surface area contributed by atoms with Gasteiger partial charge in [-0.15, -0.1) is 0 Å². The molecule has 2 aromatic heterocycles. The zero-order valence-corrected chi connectivity index (χ0v) is 10.2. The third kappa shape index (κ3) is 2.48. The summed E-state index contributed by atoms with van der Waals surface area (Å²) in [5, 5.41) is 8.93. The molecule has 0 bridgehead atoms. The minimum atomic E-state index is -0.955. The summed E-state index contributed by atoms with van der Waals surface area (Å²) >= 11 is 0. The van der Waals surface area contributed by atoms with E-state index in [0.717, 1.165) is 5.82 Å². The van der Waals surface area contributed by atoms with Crippen LogP contribution in [0.25, 0.3) is 0 Å². The van der Waals surface area contributed by atoms with Crippen molar-refractivity contribution >= 4 is 11.8 Å². The van der Waals surface area contributed by atoms with E-state index in [1.807, 2.05) is 29.8 Å². The number of aromatic carboxylic acids is 1. The Hall–Kier alpha value is -2.37. The molecule has 0 radical (unpaired) electrons. The highest BCUT2D eigenvalue weighted by molar-refractivity contribution is 5.88. The Bertz CT molecular complexity index is 565. The second-order valence-electron chi connectivity index (χ2n) is 4.02. The fourth-order valence-corrected chi connectivity index (χ4v) is 1.60. The molecule has 2 rings (SSSR count). The summed E-state index contributed by atoms with van der Waals surface area (Å²) in [6.07, 6.45) is 5.09. The first-order valence-electron chi connectivity index (χ1n) is 5.44. The van der Waals surface area contributed by atoms with E-state index in [4.69, 9.17) is 5.11 Å². The number of aromatic nitrogens is 3. The highest BCUT2D eigenvalue weighted by Gasteiger charge is 2.09. The van der Waals surface area contributed by atoms with Crippen LogP contribution in [0.5, 0.6) is 0 Å². The first-order valence-corrected chi connectivity index (χ1v) is 5.44. The van der Waals surface area contributed by atoms with Gasteiger partial charge in [-0.05, 0) is 12.1 Å². The molecule has 0 aliphatic rings. The lowest BCUT2D eigenvalue weighted by Crippen LogP contribution is -2.20. The second kappa shape index (κ2) is 4.87. The first-order chi connectivity index (χ1) is 8.58. The fraction of sp³-hybridized carbons (Fsp3) is 0.250. The van der Waals surface area contributed by atoms with Crippen LogP contribution in [0.4, 0.5) is 5.82 Å². The van der Waals surface area contributed by atoms with Crippen molar-refractivity contribution in [3.05, 3.63) is 42.1 Å². The number of carboxylic acids is 1. The minimum Gasteiger partial charge on any atom is -0.478 e. The second-order valence-corrected chi connectivity index (χ2v) is 4.02. The van der Waals surface area contributed by atoms with Gasteiger partial charge in [0.25, 0.3) is 0 Å². The van der Waals surface area contributed by atoms with Crippen molar-refractivity contribution in [3.8, 4) is 0 Å². The number of carbonyl (C=O) groups is 1. The molecule has 0 aromatic carbocycles. The van der Waals surface area contributed by atoms with Crippen LogP contribution in [-0.4, -0.2) is 32.7 Å². The van der Waals surface area contributed by atoms with Crippen LogP contribution >= 0.6 is 0 Å². The van der Waals surface area contributed by atoms with Gasteiger partial charge in [0.2, 0.25) is 0 Å². The van der Waals surface area contributed by atoms with Crippen LogP contribution in [0.15, 0.2) is 30.7 Å². The van der Waals surface area contributed by atoms with Crippen molar-refractivity contribution in [2.45, 2.75) is 6.54 Å². The minimum absolute atomic E-state index is 0.228. The van der Waals surface area contributed by atoms with Crippen molar-refractivity contribution in [2.24, 2.45) is 7.05 Å². The maximum Gasteiger partial charge on any atom is 0.335 e. The molecule has 6 heteroatoms. The lowest BCUT2D eigenvalue weighted by molar-refractivity contribution is 0.0697. The molecular formula is C12H14N4O2. The van der Waals surface area contributed by atoms with Gasteiger partial charge in [0.1, 0.15) is 11.6 Å². The van der Waals surface area contributed by atoms with Gasteiger partial charge >= 0.3 is 5.97 Å². The Morgan fingerprint density at radius 1 is 1.44 bits per heavy atom. The number of hydrogen-bond donors (Lipinski definition) is 1. The number of anilines is 1. The van der Waals surface area contributed by atoms with Gasteiger partial charge in [-0.25, -0.2) is 14.8 Å². The van der Waals surface area contributed by atoms with E-state index in [0.29, 0.717) is 12.4 Å². The molecule has 0 amide bonds. The molecule has 0 aliphatic heterocycles. The molecule has 0 saturated carbocycles. The Kier molecular flexibility index (Phi) is 3.27. The van der Waals surface area contributed by atoms with Crippen molar-refractivity contribution in [1.29, 1.82) is 0 Å². The van der Waals surface area contributed by atoms with E-state index in [2.05, 4.69) is 9.97 Å². The molecule has 0 unspecified atom stereocenters. The smallest absolute Gasteiger partial charge is 0.335 e. The number of aryl methyl sites for hydroxylation is 1. The third-order valence-electron chi connectivity index (χ3n) is 2.68. The van der Waals surface area contributed by atoms with E-state index in [9.17, 15) is 4.79 Å². The molecule has 0 spiro atoms. The average Bonchev–Trinajstić information content (AvgIpc) is 2.75. The molecule has 2 heterocycles. The van der Waals surface area contributed by atoms with E-state index in [1.165, 1.54) is 12.3 Å². The normalized spacial score (nSPS) is 10.3. The highest BCUT2D eigenvalue weighted by atomic mass is 16.4. The van der Waals surface area contributed by atoms with E-state index in [-0.39, 0.29) is 5.56 Å². The van der Waals surface area contributed by atoms with Crippen LogP contribution in [0.3, 0.4) is 0 Å². The maximum atomic E-state index is 10.9. The summed E-state index contributed by atoms with van der Waals surface area (Å²) in [5.74, 6) is 0.543. The van der Waals surface area contributed by atoms with Gasteiger partial charge in [0.05, 0.1) is 12.1 Å². The van der Waals surface area contributed by atoms with Gasteiger partial charge < -0.3 is 14.6 Å². The van der Waals surface area contributed by atoms with E-state index < -0.39 is 5.97 Å². The molecule has 0 fully saturated rings. The largest absolute Gasteiger partial charge is 0.478 e. The molecule has 0 aliphatic carbocycles. The molecule has 0 saturated heterocycles. The lowest BCUT2D eigenvalue weighted by Gasteiger charge is -2.17. The Morgan fingerprint density at radius 2 is 2.22 bits per heavy atom. The maximum absolute atomic E-state index is 10.9. The summed E-state index contributed by atoms with van der Waals surface area (Å²) in [6, 6.07) is 3.02. The SMILES string of the molecule is CN(Cc1nccn1C)c1cc(C(=O)O)ccn1. The highest BCUT2D eigenvalue weighted by Crippen LogP contribution is 2.13. The average molecular weight is 246 g/mol. The number of imidazole rings is 1. The Labute approximate surface area is 105 Å². The monoisotopic (exact) mass is 246 g/mol. The van der Waals surface area contributed by atoms with Gasteiger partial charge in [-0.2, -0.15) is 0 Å². The topological polar surface area (TPSA) is 71.2 Å².